The van der Waals surface area contributed by atoms with Gasteiger partial charge in [-0.15, -0.1) is 0 Å². The summed E-state index contributed by atoms with van der Waals surface area (Å²) in [6.45, 7) is 6.22. The zero-order valence-corrected chi connectivity index (χ0v) is 14.9. The molecule has 0 rings (SSSR count). The summed E-state index contributed by atoms with van der Waals surface area (Å²) in [6.07, 6.45) is -4.95. The molecule has 0 heterocycles. The van der Waals surface area contributed by atoms with E-state index in [1.807, 2.05) is 0 Å². The highest BCUT2D eigenvalue weighted by Gasteiger charge is 2.32. The Kier molecular flexibility index (Phi) is 10.4. The fourth-order valence-corrected chi connectivity index (χ4v) is 1.72. The number of ether oxygens (including phenoxy) is 3. The number of rotatable bonds is 11. The van der Waals surface area contributed by atoms with Gasteiger partial charge in [-0.1, -0.05) is 27.7 Å². The Hall–Kier alpha value is -2.16. The van der Waals surface area contributed by atoms with Gasteiger partial charge in [-0.25, -0.2) is 19.2 Å². The van der Waals surface area contributed by atoms with Crippen LogP contribution in [-0.4, -0.2) is 58.5 Å². The number of carboxylic acid groups (broad SMARTS) is 1. The Balaban J connectivity index is 4.86. The van der Waals surface area contributed by atoms with Crippen molar-refractivity contribution in [1.82, 2.24) is 0 Å². The maximum absolute atomic E-state index is 12.1. The average Bonchev–Trinajstić information content (AvgIpc) is 2.59. The number of hydrogen-bond donors (Lipinski definition) is 2. The van der Waals surface area contributed by atoms with Crippen molar-refractivity contribution in [1.29, 1.82) is 0 Å². The molecule has 0 aromatic rings. The topological polar surface area (TPSA) is 136 Å². The molecule has 0 aliphatic carbocycles. The van der Waals surface area contributed by atoms with Crippen LogP contribution < -0.4 is 0 Å². The van der Waals surface area contributed by atoms with E-state index in [0.717, 1.165) is 0 Å². The second-order valence-electron chi connectivity index (χ2n) is 5.26. The minimum Gasteiger partial charge on any atom is -0.479 e. The van der Waals surface area contributed by atoms with E-state index in [-0.39, 0.29) is 25.7 Å². The minimum atomic E-state index is -1.35. The number of aliphatic hydroxyl groups excluding tert-OH is 1. The maximum Gasteiger partial charge on any atom is 0.348 e. The Morgan fingerprint density at radius 1 is 0.680 bits per heavy atom. The van der Waals surface area contributed by atoms with Crippen LogP contribution in [0.2, 0.25) is 0 Å². The van der Waals surface area contributed by atoms with Crippen molar-refractivity contribution in [3.8, 4) is 0 Å². The molecule has 0 saturated heterocycles. The normalized spacial score (nSPS) is 15.4. The lowest BCUT2D eigenvalue weighted by Crippen LogP contribution is -2.39. The van der Waals surface area contributed by atoms with Gasteiger partial charge in [-0.2, -0.15) is 0 Å². The van der Waals surface area contributed by atoms with Crippen LogP contribution >= 0.6 is 0 Å². The van der Waals surface area contributed by atoms with Crippen molar-refractivity contribution >= 4 is 23.9 Å². The van der Waals surface area contributed by atoms with Gasteiger partial charge in [0, 0.05) is 0 Å². The van der Waals surface area contributed by atoms with Crippen molar-refractivity contribution in [2.24, 2.45) is 0 Å². The predicted octanol–water partition coefficient (Wildman–Crippen LogP) is 0.807. The van der Waals surface area contributed by atoms with E-state index < -0.39 is 48.3 Å². The fourth-order valence-electron chi connectivity index (χ4n) is 1.72. The van der Waals surface area contributed by atoms with Gasteiger partial charge in [-0.3, -0.25) is 0 Å². The Labute approximate surface area is 146 Å². The molecule has 4 atom stereocenters. The van der Waals surface area contributed by atoms with Gasteiger partial charge >= 0.3 is 23.9 Å². The largest absolute Gasteiger partial charge is 0.479 e. The van der Waals surface area contributed by atoms with Gasteiger partial charge in [0.15, 0.2) is 24.4 Å². The summed E-state index contributed by atoms with van der Waals surface area (Å²) in [5, 5.41) is 18.3. The molecule has 0 bridgehead atoms. The summed E-state index contributed by atoms with van der Waals surface area (Å²) < 4.78 is 14.7. The number of esters is 3. The van der Waals surface area contributed by atoms with E-state index in [0.29, 0.717) is 0 Å². The van der Waals surface area contributed by atoms with Crippen LogP contribution in [0.5, 0.6) is 0 Å². The molecule has 2 N–H and O–H groups in total. The first kappa shape index (κ1) is 22.8. The molecular weight excluding hydrogens is 336 g/mol. The summed E-state index contributed by atoms with van der Waals surface area (Å²) in [6, 6.07) is 0. The third-order valence-electron chi connectivity index (χ3n) is 3.35. The molecule has 0 aliphatic rings. The third kappa shape index (κ3) is 7.51. The van der Waals surface area contributed by atoms with Crippen LogP contribution in [0.3, 0.4) is 0 Å². The monoisotopic (exact) mass is 362 g/mol. The molecule has 0 radical (unpaired) electrons. The van der Waals surface area contributed by atoms with Gasteiger partial charge in [0.25, 0.3) is 0 Å². The van der Waals surface area contributed by atoms with Gasteiger partial charge in [0.2, 0.25) is 0 Å². The minimum absolute atomic E-state index is 0.0581. The number of hydrogen-bond acceptors (Lipinski definition) is 8. The number of aliphatic carboxylic acids is 1. The highest BCUT2D eigenvalue weighted by molar-refractivity contribution is 5.85. The molecule has 0 fully saturated rings. The number of carboxylic acids is 1. The first-order valence-electron chi connectivity index (χ1n) is 8.23. The van der Waals surface area contributed by atoms with Gasteiger partial charge in [0.05, 0.1) is 0 Å². The highest BCUT2D eigenvalue weighted by Crippen LogP contribution is 2.11. The predicted molar refractivity (Wildman–Crippen MR) is 84.4 cm³/mol. The first-order chi connectivity index (χ1) is 11.7. The SMILES string of the molecule is CC[C@H](OC(=O)[C@H](CC)OC(=O)[C@H](CC)OC(=O)[C@@H](O)CC)C(=O)O. The number of carbonyl (C=O) groups is 4. The van der Waals surface area contributed by atoms with Crippen molar-refractivity contribution in [2.45, 2.75) is 77.8 Å². The molecule has 144 valence electrons. The van der Waals surface area contributed by atoms with Crippen molar-refractivity contribution in [2.75, 3.05) is 0 Å². The second kappa shape index (κ2) is 11.4. The van der Waals surface area contributed by atoms with Gasteiger partial charge in [-0.05, 0) is 25.7 Å². The summed E-state index contributed by atoms with van der Waals surface area (Å²) in [5.41, 5.74) is 0. The molecule has 0 spiro atoms. The molecule has 0 amide bonds. The van der Waals surface area contributed by atoms with Gasteiger partial charge in [0.1, 0.15) is 0 Å². The van der Waals surface area contributed by atoms with E-state index in [1.54, 1.807) is 20.8 Å². The molecule has 0 saturated carbocycles. The van der Waals surface area contributed by atoms with E-state index in [4.69, 9.17) is 19.3 Å². The summed E-state index contributed by atoms with van der Waals surface area (Å²) in [4.78, 5) is 46.5. The zero-order valence-electron chi connectivity index (χ0n) is 14.9. The van der Waals surface area contributed by atoms with Crippen LogP contribution in [0.1, 0.15) is 53.4 Å². The number of aliphatic hydroxyl groups is 1. The van der Waals surface area contributed by atoms with Crippen LogP contribution in [0.4, 0.5) is 0 Å². The van der Waals surface area contributed by atoms with Crippen molar-refractivity contribution in [3.05, 3.63) is 0 Å². The molecule has 9 nitrogen and oxygen atoms in total. The quantitative estimate of drug-likeness (QED) is 0.404. The van der Waals surface area contributed by atoms with E-state index in [2.05, 4.69) is 0 Å². The Bertz CT molecular complexity index is 474. The molecule has 0 aromatic heterocycles. The van der Waals surface area contributed by atoms with Crippen LogP contribution in [-0.2, 0) is 33.4 Å². The van der Waals surface area contributed by atoms with E-state index in [9.17, 15) is 24.3 Å². The summed E-state index contributed by atoms with van der Waals surface area (Å²) in [7, 11) is 0. The summed E-state index contributed by atoms with van der Waals surface area (Å²) in [5.74, 6) is -4.21. The molecular formula is C16H26O9. The van der Waals surface area contributed by atoms with E-state index in [1.165, 1.54) is 6.92 Å². The molecule has 0 aliphatic heterocycles. The van der Waals surface area contributed by atoms with Crippen molar-refractivity contribution < 1.29 is 43.6 Å². The molecule has 9 heteroatoms. The van der Waals surface area contributed by atoms with Crippen molar-refractivity contribution in [3.63, 3.8) is 0 Å². The lowest BCUT2D eigenvalue weighted by Gasteiger charge is -2.21. The fraction of sp³-hybridized carbons (Fsp3) is 0.750. The standard InChI is InChI=1S/C16H26O9/c1-5-9(17)14(20)24-11(7-3)16(22)25-12(8-4)15(21)23-10(6-2)13(18)19/h9-12,17H,5-8H2,1-4H3,(H,18,19)/t9-,10-,11-,12-/m0/s1. The maximum atomic E-state index is 12.1. The molecule has 25 heavy (non-hydrogen) atoms. The average molecular weight is 362 g/mol. The Morgan fingerprint density at radius 2 is 1.04 bits per heavy atom. The van der Waals surface area contributed by atoms with Gasteiger partial charge < -0.3 is 24.4 Å². The zero-order chi connectivity index (χ0) is 19.6. The molecule has 0 aromatic carbocycles. The van der Waals surface area contributed by atoms with E-state index >= 15 is 0 Å². The Morgan fingerprint density at radius 3 is 1.36 bits per heavy atom. The smallest absolute Gasteiger partial charge is 0.348 e. The summed E-state index contributed by atoms with van der Waals surface area (Å²) >= 11 is 0. The second-order valence-corrected chi connectivity index (χ2v) is 5.26. The number of carbonyl (C=O) groups excluding carboxylic acids is 3. The first-order valence-corrected chi connectivity index (χ1v) is 8.23. The van der Waals surface area contributed by atoms with Crippen LogP contribution in [0, 0.1) is 0 Å². The lowest BCUT2D eigenvalue weighted by molar-refractivity contribution is -0.185. The third-order valence-corrected chi connectivity index (χ3v) is 3.35. The molecule has 0 unspecified atom stereocenters. The van der Waals surface area contributed by atoms with Crippen LogP contribution in [0.25, 0.3) is 0 Å². The highest BCUT2D eigenvalue weighted by atomic mass is 16.6. The lowest BCUT2D eigenvalue weighted by atomic mass is 10.2. The van der Waals surface area contributed by atoms with Crippen LogP contribution in [0.15, 0.2) is 0 Å².